The maximum atomic E-state index is 13.4. The number of benzene rings is 3. The number of piperidine rings is 1. The summed E-state index contributed by atoms with van der Waals surface area (Å²) in [6.45, 7) is 0.588. The Morgan fingerprint density at radius 2 is 1.59 bits per heavy atom. The van der Waals surface area contributed by atoms with E-state index in [1.54, 1.807) is 18.2 Å². The smallest absolute Gasteiger partial charge is 0.264 e. The predicted molar refractivity (Wildman–Crippen MR) is 156 cm³/mol. The normalized spacial score (nSPS) is 17.6. The lowest BCUT2D eigenvalue weighted by Crippen LogP contribution is -2.43. The first kappa shape index (κ1) is 29.2. The van der Waals surface area contributed by atoms with Gasteiger partial charge in [-0.25, -0.2) is 16.8 Å². The number of halogens is 1. The van der Waals surface area contributed by atoms with Crippen LogP contribution in [0.5, 0.6) is 11.5 Å². The highest BCUT2D eigenvalue weighted by atomic mass is 35.5. The minimum atomic E-state index is -3.88. The van der Waals surface area contributed by atoms with Gasteiger partial charge in [0.2, 0.25) is 15.9 Å². The Kier molecular flexibility index (Phi) is 8.20. The van der Waals surface area contributed by atoms with Gasteiger partial charge in [0.05, 0.1) is 35.6 Å². The molecule has 5 rings (SSSR count). The summed E-state index contributed by atoms with van der Waals surface area (Å²) >= 11 is 5.93. The number of hydrogen-bond donors (Lipinski definition) is 1. The molecule has 1 fully saturated rings. The van der Waals surface area contributed by atoms with Gasteiger partial charge in [0.25, 0.3) is 10.0 Å². The Bertz CT molecular complexity index is 1680. The number of methoxy groups -OCH3 is 2. The molecule has 1 atom stereocenters. The van der Waals surface area contributed by atoms with Gasteiger partial charge in [-0.2, -0.15) is 4.31 Å². The minimum Gasteiger partial charge on any atom is -0.493 e. The number of carbonyl (C=O) groups excluding carboxylic acids is 1. The lowest BCUT2D eigenvalue weighted by atomic mass is 9.98. The van der Waals surface area contributed by atoms with Crippen LogP contribution in [0.25, 0.3) is 0 Å². The van der Waals surface area contributed by atoms with Gasteiger partial charge in [-0.05, 0) is 73.4 Å². The molecule has 13 heteroatoms. The molecule has 0 spiro atoms. The molecule has 10 nitrogen and oxygen atoms in total. The number of nitrogens with zero attached hydrogens (tertiary/aromatic N) is 2. The number of sulfonamides is 2. The van der Waals surface area contributed by atoms with Crippen LogP contribution in [0.2, 0.25) is 5.02 Å². The highest BCUT2D eigenvalue weighted by Gasteiger charge is 2.35. The molecule has 0 unspecified atom stereocenters. The second-order valence-electron chi connectivity index (χ2n) is 9.83. The number of rotatable bonds is 8. The molecule has 218 valence electrons. The van der Waals surface area contributed by atoms with E-state index in [1.807, 2.05) is 0 Å². The van der Waals surface area contributed by atoms with E-state index in [1.165, 1.54) is 65.3 Å². The SMILES string of the molecule is COc1ccc(S(=O)(=O)N2CCC[C@H](C(=O)Nc3ccc4c(c3)N(S(=O)(=O)c3ccc(Cl)cc3)CC4)C2)cc1OC. The summed E-state index contributed by atoms with van der Waals surface area (Å²) in [6.07, 6.45) is 1.58. The summed E-state index contributed by atoms with van der Waals surface area (Å²) < 4.78 is 66.6. The summed E-state index contributed by atoms with van der Waals surface area (Å²) in [4.78, 5) is 13.5. The number of nitrogens with one attached hydrogen (secondary N) is 1. The van der Waals surface area contributed by atoms with E-state index in [4.69, 9.17) is 21.1 Å². The number of fused-ring (bicyclic) bond motifs is 1. The number of ether oxygens (including phenoxy) is 2. The summed E-state index contributed by atoms with van der Waals surface area (Å²) in [7, 11) is -4.81. The molecular formula is C28H30ClN3O7S2. The predicted octanol–water partition coefficient (Wildman–Crippen LogP) is 4.15. The van der Waals surface area contributed by atoms with Gasteiger partial charge in [0.15, 0.2) is 11.5 Å². The Labute approximate surface area is 244 Å². The molecule has 0 saturated carbocycles. The van der Waals surface area contributed by atoms with Crippen LogP contribution in [-0.4, -0.2) is 60.9 Å². The largest absolute Gasteiger partial charge is 0.493 e. The lowest BCUT2D eigenvalue weighted by molar-refractivity contribution is -0.120. The zero-order valence-electron chi connectivity index (χ0n) is 22.5. The highest BCUT2D eigenvalue weighted by Crippen LogP contribution is 2.36. The van der Waals surface area contributed by atoms with Crippen LogP contribution in [0.1, 0.15) is 18.4 Å². The van der Waals surface area contributed by atoms with Crippen molar-refractivity contribution in [3.8, 4) is 11.5 Å². The first-order valence-electron chi connectivity index (χ1n) is 13.0. The van der Waals surface area contributed by atoms with Crippen LogP contribution in [-0.2, 0) is 31.3 Å². The van der Waals surface area contributed by atoms with Crippen molar-refractivity contribution in [2.75, 3.05) is 43.5 Å². The van der Waals surface area contributed by atoms with Crippen molar-refractivity contribution in [2.24, 2.45) is 5.92 Å². The maximum Gasteiger partial charge on any atom is 0.264 e. The first-order valence-corrected chi connectivity index (χ1v) is 16.2. The molecule has 1 amide bonds. The standard InChI is InChI=1S/C28H30ClN3O7S2/c1-38-26-12-11-24(17-27(26)39-2)40(34,35)31-14-3-4-20(18-31)28(33)30-22-8-5-19-13-15-32(25(19)16-22)41(36,37)23-9-6-21(29)7-10-23/h5-12,16-17,20H,3-4,13-15,18H2,1-2H3,(H,30,33)/t20-/m0/s1. The van der Waals surface area contributed by atoms with E-state index in [0.29, 0.717) is 47.2 Å². The summed E-state index contributed by atoms with van der Waals surface area (Å²) in [5.41, 5.74) is 1.79. The van der Waals surface area contributed by atoms with Crippen LogP contribution in [0.4, 0.5) is 11.4 Å². The van der Waals surface area contributed by atoms with Crippen LogP contribution < -0.4 is 19.1 Å². The van der Waals surface area contributed by atoms with Crippen molar-refractivity contribution in [3.63, 3.8) is 0 Å². The number of amides is 1. The van der Waals surface area contributed by atoms with Crippen LogP contribution in [0.15, 0.2) is 70.5 Å². The van der Waals surface area contributed by atoms with Crippen molar-refractivity contribution in [1.82, 2.24) is 4.31 Å². The van der Waals surface area contributed by atoms with Crippen LogP contribution in [0.3, 0.4) is 0 Å². The van der Waals surface area contributed by atoms with E-state index in [0.717, 1.165) is 5.56 Å². The molecule has 2 aliphatic rings. The number of carbonyl (C=O) groups is 1. The Hall–Kier alpha value is -3.32. The van der Waals surface area contributed by atoms with Gasteiger partial charge in [-0.3, -0.25) is 9.10 Å². The summed E-state index contributed by atoms with van der Waals surface area (Å²) in [6, 6.07) is 15.6. The Balaban J connectivity index is 1.32. The second kappa shape index (κ2) is 11.5. The molecule has 0 radical (unpaired) electrons. The average Bonchev–Trinajstić information content (AvgIpc) is 3.41. The molecular weight excluding hydrogens is 590 g/mol. The molecule has 1 N–H and O–H groups in total. The van der Waals surface area contributed by atoms with Gasteiger partial charge in [-0.1, -0.05) is 17.7 Å². The van der Waals surface area contributed by atoms with Crippen LogP contribution in [0, 0.1) is 5.92 Å². The fourth-order valence-corrected chi connectivity index (χ4v) is 8.32. The Morgan fingerprint density at radius 1 is 0.878 bits per heavy atom. The third kappa shape index (κ3) is 5.74. The molecule has 0 bridgehead atoms. The van der Waals surface area contributed by atoms with Gasteiger partial charge >= 0.3 is 0 Å². The van der Waals surface area contributed by atoms with E-state index in [2.05, 4.69) is 5.32 Å². The third-order valence-corrected chi connectivity index (χ3v) is 11.3. The lowest BCUT2D eigenvalue weighted by Gasteiger charge is -2.31. The van der Waals surface area contributed by atoms with Gasteiger partial charge in [0, 0.05) is 36.4 Å². The van der Waals surface area contributed by atoms with Crippen molar-refractivity contribution in [2.45, 2.75) is 29.1 Å². The third-order valence-electron chi connectivity index (χ3n) is 7.36. The average molecular weight is 620 g/mol. The highest BCUT2D eigenvalue weighted by molar-refractivity contribution is 7.92. The molecule has 41 heavy (non-hydrogen) atoms. The number of anilines is 2. The maximum absolute atomic E-state index is 13.4. The zero-order chi connectivity index (χ0) is 29.4. The monoisotopic (exact) mass is 619 g/mol. The van der Waals surface area contributed by atoms with Crippen LogP contribution >= 0.6 is 11.6 Å². The van der Waals surface area contributed by atoms with Crippen molar-refractivity contribution in [3.05, 3.63) is 71.2 Å². The summed E-state index contributed by atoms with van der Waals surface area (Å²) in [5.74, 6) is -0.206. The first-order chi connectivity index (χ1) is 19.5. The summed E-state index contributed by atoms with van der Waals surface area (Å²) in [5, 5.41) is 3.31. The molecule has 3 aromatic carbocycles. The van der Waals surface area contributed by atoms with Crippen molar-refractivity contribution in [1.29, 1.82) is 0 Å². The topological polar surface area (TPSA) is 122 Å². The zero-order valence-corrected chi connectivity index (χ0v) is 24.9. The second-order valence-corrected chi connectivity index (χ2v) is 14.1. The van der Waals surface area contributed by atoms with E-state index in [-0.39, 0.29) is 35.3 Å². The fourth-order valence-electron chi connectivity index (χ4n) is 5.16. The van der Waals surface area contributed by atoms with Gasteiger partial charge in [-0.15, -0.1) is 0 Å². The molecule has 2 heterocycles. The molecule has 1 saturated heterocycles. The van der Waals surface area contributed by atoms with E-state index in [9.17, 15) is 21.6 Å². The molecule has 3 aromatic rings. The minimum absolute atomic E-state index is 0.0184. The van der Waals surface area contributed by atoms with E-state index < -0.39 is 26.0 Å². The number of hydrogen-bond acceptors (Lipinski definition) is 7. The molecule has 2 aliphatic heterocycles. The fraction of sp³-hybridized carbons (Fsp3) is 0.321. The van der Waals surface area contributed by atoms with Gasteiger partial charge < -0.3 is 14.8 Å². The quantitative estimate of drug-likeness (QED) is 0.402. The Morgan fingerprint density at radius 3 is 2.29 bits per heavy atom. The van der Waals surface area contributed by atoms with Crippen molar-refractivity contribution >= 4 is 48.9 Å². The van der Waals surface area contributed by atoms with Crippen molar-refractivity contribution < 1.29 is 31.1 Å². The van der Waals surface area contributed by atoms with E-state index >= 15 is 0 Å². The molecule has 0 aromatic heterocycles. The molecule has 0 aliphatic carbocycles. The van der Waals surface area contributed by atoms with Gasteiger partial charge in [0.1, 0.15) is 0 Å².